The number of esters is 1. The van der Waals surface area contributed by atoms with Crippen molar-refractivity contribution in [2.75, 3.05) is 7.11 Å². The van der Waals surface area contributed by atoms with E-state index in [0.717, 1.165) is 9.26 Å². The molecule has 0 amide bonds. The fraction of sp³-hybridized carbons (Fsp3) is 0.500. The Bertz CT molecular complexity index is 320. The monoisotopic (exact) mass is 294 g/mol. The largest absolute Gasteiger partial charge is 0.464 e. The fourth-order valence-electron chi connectivity index (χ4n) is 0.956. The molecule has 0 aliphatic carbocycles. The van der Waals surface area contributed by atoms with Gasteiger partial charge in [0.15, 0.2) is 5.69 Å². The first kappa shape index (κ1) is 10.5. The Balaban J connectivity index is 3.06. The molecule has 0 radical (unpaired) electrons. The van der Waals surface area contributed by atoms with Crippen molar-refractivity contribution >= 4 is 28.6 Å². The van der Waals surface area contributed by atoms with Crippen molar-refractivity contribution in [1.29, 1.82) is 0 Å². The fourth-order valence-corrected chi connectivity index (χ4v) is 2.04. The van der Waals surface area contributed by atoms with Crippen LogP contribution in [0.15, 0.2) is 0 Å². The van der Waals surface area contributed by atoms with Crippen molar-refractivity contribution < 1.29 is 9.53 Å². The molecule has 1 rings (SSSR count). The molecule has 1 heterocycles. The summed E-state index contributed by atoms with van der Waals surface area (Å²) in [5.74, 6) is -0.0645. The van der Waals surface area contributed by atoms with Gasteiger partial charge < -0.3 is 4.74 Å². The zero-order chi connectivity index (χ0) is 10.0. The number of carbonyl (C=O) groups is 1. The molecular formula is C8H11IN2O2. The van der Waals surface area contributed by atoms with Gasteiger partial charge in [0, 0.05) is 0 Å². The number of ether oxygens (including phenoxy) is 1. The lowest BCUT2D eigenvalue weighted by Crippen LogP contribution is -2.03. The summed E-state index contributed by atoms with van der Waals surface area (Å²) in [5, 5.41) is 6.73. The van der Waals surface area contributed by atoms with Crippen molar-refractivity contribution in [3.63, 3.8) is 0 Å². The Morgan fingerprint density at radius 2 is 2.23 bits per heavy atom. The molecule has 0 bridgehead atoms. The molecule has 72 valence electrons. The van der Waals surface area contributed by atoms with Crippen LogP contribution in [-0.2, 0) is 4.74 Å². The van der Waals surface area contributed by atoms with Crippen molar-refractivity contribution in [1.82, 2.24) is 10.2 Å². The quantitative estimate of drug-likeness (QED) is 0.670. The van der Waals surface area contributed by atoms with Crippen LogP contribution in [0.5, 0.6) is 0 Å². The second-order valence-corrected chi connectivity index (χ2v) is 4.02. The van der Waals surface area contributed by atoms with E-state index in [1.165, 1.54) is 7.11 Å². The van der Waals surface area contributed by atoms with Crippen LogP contribution >= 0.6 is 22.6 Å². The number of aromatic nitrogens is 2. The van der Waals surface area contributed by atoms with Crippen molar-refractivity contribution in [3.05, 3.63) is 15.0 Å². The van der Waals surface area contributed by atoms with E-state index in [-0.39, 0.29) is 0 Å². The SMILES string of the molecule is COC(=O)c1n[nH]c(C(C)C)c1I. The minimum Gasteiger partial charge on any atom is -0.464 e. The molecule has 1 aromatic heterocycles. The summed E-state index contributed by atoms with van der Waals surface area (Å²) in [6.45, 7) is 4.08. The van der Waals surface area contributed by atoms with E-state index in [1.54, 1.807) is 0 Å². The molecule has 4 nitrogen and oxygen atoms in total. The molecule has 1 N–H and O–H groups in total. The molecular weight excluding hydrogens is 283 g/mol. The zero-order valence-corrected chi connectivity index (χ0v) is 9.88. The predicted octanol–water partition coefficient (Wildman–Crippen LogP) is 1.92. The van der Waals surface area contributed by atoms with Crippen LogP contribution in [0.3, 0.4) is 0 Å². The highest BCUT2D eigenvalue weighted by atomic mass is 127. The molecule has 0 saturated heterocycles. The molecule has 0 fully saturated rings. The molecule has 1 aromatic rings. The van der Waals surface area contributed by atoms with Crippen LogP contribution in [0, 0.1) is 3.57 Å². The molecule has 0 spiro atoms. The van der Waals surface area contributed by atoms with Crippen LogP contribution in [-0.4, -0.2) is 23.3 Å². The number of halogens is 1. The third-order valence-corrected chi connectivity index (χ3v) is 2.78. The Morgan fingerprint density at radius 1 is 1.62 bits per heavy atom. The summed E-state index contributed by atoms with van der Waals surface area (Å²) in [4.78, 5) is 11.2. The Labute approximate surface area is 90.2 Å². The van der Waals surface area contributed by atoms with Gasteiger partial charge in [-0.15, -0.1) is 0 Å². The zero-order valence-electron chi connectivity index (χ0n) is 7.72. The topological polar surface area (TPSA) is 55.0 Å². The minimum atomic E-state index is -0.396. The second kappa shape index (κ2) is 4.08. The molecule has 13 heavy (non-hydrogen) atoms. The van der Waals surface area contributed by atoms with E-state index in [1.807, 2.05) is 13.8 Å². The smallest absolute Gasteiger partial charge is 0.359 e. The maximum absolute atomic E-state index is 11.2. The number of carbonyl (C=O) groups excluding carboxylic acids is 1. The van der Waals surface area contributed by atoms with Gasteiger partial charge in [-0.2, -0.15) is 5.10 Å². The molecule has 0 aliphatic heterocycles. The van der Waals surface area contributed by atoms with E-state index < -0.39 is 5.97 Å². The van der Waals surface area contributed by atoms with Crippen molar-refractivity contribution in [2.24, 2.45) is 0 Å². The van der Waals surface area contributed by atoms with E-state index in [4.69, 9.17) is 0 Å². The number of hydrogen-bond donors (Lipinski definition) is 1. The van der Waals surface area contributed by atoms with Gasteiger partial charge in [-0.3, -0.25) is 5.10 Å². The lowest BCUT2D eigenvalue weighted by atomic mass is 10.1. The number of H-pyrrole nitrogens is 1. The van der Waals surface area contributed by atoms with Gasteiger partial charge in [0.2, 0.25) is 0 Å². The highest BCUT2D eigenvalue weighted by Crippen LogP contribution is 2.21. The maximum atomic E-state index is 11.2. The number of nitrogens with one attached hydrogen (secondary N) is 1. The highest BCUT2D eigenvalue weighted by Gasteiger charge is 2.19. The average Bonchev–Trinajstić information content (AvgIpc) is 2.46. The number of hydrogen-bond acceptors (Lipinski definition) is 3. The van der Waals surface area contributed by atoms with E-state index in [0.29, 0.717) is 11.6 Å². The molecule has 0 atom stereocenters. The van der Waals surface area contributed by atoms with Crippen LogP contribution in [0.25, 0.3) is 0 Å². The van der Waals surface area contributed by atoms with Gasteiger partial charge in [-0.05, 0) is 28.5 Å². The third-order valence-electron chi connectivity index (χ3n) is 1.69. The third kappa shape index (κ3) is 2.01. The van der Waals surface area contributed by atoms with Gasteiger partial charge in [-0.25, -0.2) is 4.79 Å². The standard InChI is InChI=1S/C8H11IN2O2/c1-4(2)6-5(9)7(11-10-6)8(12)13-3/h4H,1-3H3,(H,10,11). The summed E-state index contributed by atoms with van der Waals surface area (Å²) in [5.41, 5.74) is 1.34. The number of methoxy groups -OCH3 is 1. The second-order valence-electron chi connectivity index (χ2n) is 2.95. The predicted molar refractivity (Wildman–Crippen MR) is 56.7 cm³/mol. The number of nitrogens with zero attached hydrogens (tertiary/aromatic N) is 1. The lowest BCUT2D eigenvalue weighted by molar-refractivity contribution is 0.0593. The number of rotatable bonds is 2. The first-order valence-electron chi connectivity index (χ1n) is 3.90. The van der Waals surface area contributed by atoms with Crippen LogP contribution in [0.1, 0.15) is 35.9 Å². The molecule has 0 saturated carbocycles. The summed E-state index contributed by atoms with van der Waals surface area (Å²) in [7, 11) is 1.35. The summed E-state index contributed by atoms with van der Waals surface area (Å²) in [6, 6.07) is 0. The average molecular weight is 294 g/mol. The van der Waals surface area contributed by atoms with Crippen molar-refractivity contribution in [3.8, 4) is 0 Å². The lowest BCUT2D eigenvalue weighted by Gasteiger charge is -2.00. The molecule has 0 unspecified atom stereocenters. The van der Waals surface area contributed by atoms with E-state index in [9.17, 15) is 4.79 Å². The Morgan fingerprint density at radius 3 is 2.62 bits per heavy atom. The van der Waals surface area contributed by atoms with Gasteiger partial charge >= 0.3 is 5.97 Å². The first-order valence-corrected chi connectivity index (χ1v) is 4.97. The summed E-state index contributed by atoms with van der Waals surface area (Å²) in [6.07, 6.45) is 0. The number of aromatic amines is 1. The van der Waals surface area contributed by atoms with Gasteiger partial charge in [0.1, 0.15) is 0 Å². The molecule has 5 heteroatoms. The van der Waals surface area contributed by atoms with Gasteiger partial charge in [-0.1, -0.05) is 13.8 Å². The van der Waals surface area contributed by atoms with Crippen molar-refractivity contribution in [2.45, 2.75) is 19.8 Å². The normalized spacial score (nSPS) is 10.5. The molecule has 0 aromatic carbocycles. The maximum Gasteiger partial charge on any atom is 0.359 e. The van der Waals surface area contributed by atoms with Crippen LogP contribution in [0.4, 0.5) is 0 Å². The molecule has 0 aliphatic rings. The van der Waals surface area contributed by atoms with E-state index in [2.05, 4.69) is 37.5 Å². The van der Waals surface area contributed by atoms with Crippen LogP contribution < -0.4 is 0 Å². The summed E-state index contributed by atoms with van der Waals surface area (Å²) < 4.78 is 5.43. The highest BCUT2D eigenvalue weighted by molar-refractivity contribution is 14.1. The van der Waals surface area contributed by atoms with E-state index >= 15 is 0 Å². The van der Waals surface area contributed by atoms with Gasteiger partial charge in [0.25, 0.3) is 0 Å². The Hall–Kier alpha value is -0.590. The minimum absolute atomic E-state index is 0.331. The Kier molecular flexibility index (Phi) is 3.29. The van der Waals surface area contributed by atoms with Gasteiger partial charge in [0.05, 0.1) is 16.4 Å². The van der Waals surface area contributed by atoms with Crippen LogP contribution in [0.2, 0.25) is 0 Å². The first-order chi connectivity index (χ1) is 6.07. The summed E-state index contributed by atoms with van der Waals surface area (Å²) >= 11 is 2.10.